The molecule has 0 saturated carbocycles. The van der Waals surface area contributed by atoms with Gasteiger partial charge in [-0.25, -0.2) is 0 Å². The molecule has 1 saturated heterocycles. The van der Waals surface area contributed by atoms with E-state index in [0.29, 0.717) is 13.1 Å². The summed E-state index contributed by atoms with van der Waals surface area (Å²) in [5, 5.41) is 8.66. The smallest absolute Gasteiger partial charge is 0.248 e. The average Bonchev–Trinajstić information content (AvgIpc) is 2.17. The van der Waals surface area contributed by atoms with Crippen molar-refractivity contribution in [1.82, 2.24) is 9.80 Å². The predicted molar refractivity (Wildman–Crippen MR) is 49.3 cm³/mol. The molecule has 1 fully saturated rings. The van der Waals surface area contributed by atoms with Gasteiger partial charge in [-0.1, -0.05) is 0 Å². The summed E-state index contributed by atoms with van der Waals surface area (Å²) < 4.78 is 0. The average molecular weight is 201 g/mol. The van der Waals surface area contributed by atoms with E-state index in [1.807, 2.05) is 4.90 Å². The molecule has 0 aliphatic carbocycles. The third-order valence-electron chi connectivity index (χ3n) is 2.46. The van der Waals surface area contributed by atoms with Gasteiger partial charge in [-0.3, -0.25) is 14.5 Å². The molecular formula is C8H15N3O3. The Labute approximate surface area is 82.3 Å². The second kappa shape index (κ2) is 4.39. The third kappa shape index (κ3) is 2.21. The van der Waals surface area contributed by atoms with Gasteiger partial charge in [-0.15, -0.1) is 0 Å². The van der Waals surface area contributed by atoms with E-state index in [-0.39, 0.29) is 12.5 Å². The summed E-state index contributed by atoms with van der Waals surface area (Å²) in [6.45, 7) is 0.874. The molecular weight excluding hydrogens is 186 g/mol. The zero-order chi connectivity index (χ0) is 10.7. The minimum atomic E-state index is -0.519. The van der Waals surface area contributed by atoms with Crippen molar-refractivity contribution in [3.05, 3.63) is 0 Å². The first-order chi connectivity index (χ1) is 6.56. The minimum absolute atomic E-state index is 0.269. The van der Waals surface area contributed by atoms with Crippen molar-refractivity contribution in [2.45, 2.75) is 6.04 Å². The molecule has 1 aliphatic rings. The van der Waals surface area contributed by atoms with Crippen LogP contribution in [0.4, 0.5) is 0 Å². The molecule has 0 aromatic rings. The summed E-state index contributed by atoms with van der Waals surface area (Å²) in [5.41, 5.74) is 5.18. The van der Waals surface area contributed by atoms with Crippen LogP contribution in [0.5, 0.6) is 0 Å². The number of hydrogen-bond donors (Lipinski definition) is 2. The van der Waals surface area contributed by atoms with Gasteiger partial charge in [0.15, 0.2) is 0 Å². The van der Waals surface area contributed by atoms with Crippen LogP contribution in [0, 0.1) is 0 Å². The summed E-state index contributed by atoms with van der Waals surface area (Å²) in [4.78, 5) is 25.4. The first-order valence-corrected chi connectivity index (χ1v) is 4.44. The Bertz CT molecular complexity index is 244. The molecule has 2 amide bonds. The van der Waals surface area contributed by atoms with Crippen molar-refractivity contribution in [1.29, 1.82) is 0 Å². The van der Waals surface area contributed by atoms with E-state index in [1.54, 1.807) is 7.05 Å². The highest BCUT2D eigenvalue weighted by Gasteiger charge is 2.30. The number of carbonyl (C=O) groups excluding carboxylic acids is 2. The van der Waals surface area contributed by atoms with E-state index < -0.39 is 18.6 Å². The second-order valence-corrected chi connectivity index (χ2v) is 3.40. The number of aliphatic hydroxyl groups is 1. The van der Waals surface area contributed by atoms with Crippen LogP contribution < -0.4 is 5.73 Å². The minimum Gasteiger partial charge on any atom is -0.387 e. The van der Waals surface area contributed by atoms with Crippen LogP contribution in [0.15, 0.2) is 0 Å². The maximum atomic E-state index is 11.1. The number of primary amides is 1. The quantitative estimate of drug-likeness (QED) is 0.521. The molecule has 0 aromatic carbocycles. The summed E-state index contributed by atoms with van der Waals surface area (Å²) >= 11 is 0. The standard InChI is InChI=1S/C8H15N3O3/c1-10-2-3-11(7(13)5-12)4-6(10)8(9)14/h6,12H,2-5H2,1H3,(H2,9,14). The largest absolute Gasteiger partial charge is 0.387 e. The SMILES string of the molecule is CN1CCN(C(=O)CO)CC1C(N)=O. The highest BCUT2D eigenvalue weighted by molar-refractivity contribution is 5.82. The summed E-state index contributed by atoms with van der Waals surface area (Å²) in [6, 6.07) is -0.445. The fourth-order valence-electron chi connectivity index (χ4n) is 1.51. The van der Waals surface area contributed by atoms with E-state index in [4.69, 9.17) is 10.8 Å². The Morgan fingerprint density at radius 1 is 1.50 bits per heavy atom. The number of rotatable bonds is 2. The molecule has 6 heteroatoms. The van der Waals surface area contributed by atoms with Crippen molar-refractivity contribution >= 4 is 11.8 Å². The normalized spacial score (nSPS) is 23.6. The second-order valence-electron chi connectivity index (χ2n) is 3.40. The number of aliphatic hydroxyl groups excluding tert-OH is 1. The zero-order valence-electron chi connectivity index (χ0n) is 8.14. The molecule has 3 N–H and O–H groups in total. The van der Waals surface area contributed by atoms with Gasteiger partial charge in [0.25, 0.3) is 0 Å². The molecule has 1 heterocycles. The summed E-state index contributed by atoms with van der Waals surface area (Å²) in [6.07, 6.45) is 0. The first kappa shape index (κ1) is 10.9. The van der Waals surface area contributed by atoms with Crippen molar-refractivity contribution in [3.63, 3.8) is 0 Å². The van der Waals surface area contributed by atoms with Crippen molar-refractivity contribution < 1.29 is 14.7 Å². The molecule has 1 unspecified atom stereocenters. The maximum Gasteiger partial charge on any atom is 0.248 e. The van der Waals surface area contributed by atoms with E-state index >= 15 is 0 Å². The maximum absolute atomic E-state index is 11.1. The number of nitrogens with zero attached hydrogens (tertiary/aromatic N) is 2. The van der Waals surface area contributed by atoms with Crippen molar-refractivity contribution in [2.75, 3.05) is 33.3 Å². The topological polar surface area (TPSA) is 86.9 Å². The van der Waals surface area contributed by atoms with Gasteiger partial charge < -0.3 is 15.7 Å². The summed E-state index contributed by atoms with van der Waals surface area (Å²) in [7, 11) is 1.79. The Kier molecular flexibility index (Phi) is 3.43. The number of amides is 2. The molecule has 1 atom stereocenters. The number of nitrogens with two attached hydrogens (primary N) is 1. The lowest BCUT2D eigenvalue weighted by molar-refractivity contribution is -0.139. The van der Waals surface area contributed by atoms with Crippen LogP contribution in [-0.2, 0) is 9.59 Å². The van der Waals surface area contributed by atoms with Crippen LogP contribution in [0.25, 0.3) is 0 Å². The van der Waals surface area contributed by atoms with Gasteiger partial charge in [0.05, 0.1) is 0 Å². The van der Waals surface area contributed by atoms with E-state index in [1.165, 1.54) is 4.90 Å². The zero-order valence-corrected chi connectivity index (χ0v) is 8.14. The molecule has 6 nitrogen and oxygen atoms in total. The molecule has 0 aromatic heterocycles. The number of likely N-dealkylation sites (N-methyl/N-ethyl adjacent to an activating group) is 1. The van der Waals surface area contributed by atoms with Gasteiger partial charge >= 0.3 is 0 Å². The molecule has 80 valence electrons. The van der Waals surface area contributed by atoms with Gasteiger partial charge in [0.2, 0.25) is 11.8 Å². The number of carbonyl (C=O) groups is 2. The Morgan fingerprint density at radius 3 is 2.64 bits per heavy atom. The first-order valence-electron chi connectivity index (χ1n) is 4.44. The van der Waals surface area contributed by atoms with Crippen molar-refractivity contribution in [3.8, 4) is 0 Å². The highest BCUT2D eigenvalue weighted by Crippen LogP contribution is 2.07. The van der Waals surface area contributed by atoms with Crippen LogP contribution in [-0.4, -0.2) is 66.1 Å². The van der Waals surface area contributed by atoms with E-state index in [2.05, 4.69) is 0 Å². The number of piperazine rings is 1. The van der Waals surface area contributed by atoms with Crippen molar-refractivity contribution in [2.24, 2.45) is 5.73 Å². The lowest BCUT2D eigenvalue weighted by Crippen LogP contribution is -2.58. The van der Waals surface area contributed by atoms with Crippen LogP contribution in [0.2, 0.25) is 0 Å². The fraction of sp³-hybridized carbons (Fsp3) is 0.750. The van der Waals surface area contributed by atoms with E-state index in [0.717, 1.165) is 0 Å². The molecule has 0 bridgehead atoms. The van der Waals surface area contributed by atoms with Crippen LogP contribution in [0.1, 0.15) is 0 Å². The molecule has 0 radical (unpaired) electrons. The van der Waals surface area contributed by atoms with E-state index in [9.17, 15) is 9.59 Å². The monoisotopic (exact) mass is 201 g/mol. The van der Waals surface area contributed by atoms with Gasteiger partial charge in [0.1, 0.15) is 12.6 Å². The summed E-state index contributed by atoms with van der Waals surface area (Å²) in [5.74, 6) is -0.799. The Balaban J connectivity index is 2.62. The van der Waals surface area contributed by atoms with Gasteiger partial charge in [0, 0.05) is 19.6 Å². The lowest BCUT2D eigenvalue weighted by Gasteiger charge is -2.37. The lowest BCUT2D eigenvalue weighted by atomic mass is 10.1. The predicted octanol–water partition coefficient (Wildman–Crippen LogP) is -2.39. The fourth-order valence-corrected chi connectivity index (χ4v) is 1.51. The van der Waals surface area contributed by atoms with Crippen LogP contribution >= 0.6 is 0 Å². The Morgan fingerprint density at radius 2 is 2.14 bits per heavy atom. The molecule has 0 spiro atoms. The highest BCUT2D eigenvalue weighted by atomic mass is 16.3. The van der Waals surface area contributed by atoms with Gasteiger partial charge in [-0.05, 0) is 7.05 Å². The molecule has 1 rings (SSSR count). The van der Waals surface area contributed by atoms with Gasteiger partial charge in [-0.2, -0.15) is 0 Å². The molecule has 1 aliphatic heterocycles. The Hall–Kier alpha value is -1.14. The molecule has 14 heavy (non-hydrogen) atoms. The van der Waals surface area contributed by atoms with Crippen LogP contribution in [0.3, 0.4) is 0 Å². The third-order valence-corrected chi connectivity index (χ3v) is 2.46. The number of hydrogen-bond acceptors (Lipinski definition) is 4.